The van der Waals surface area contributed by atoms with Gasteiger partial charge in [0.25, 0.3) is 5.91 Å². The minimum absolute atomic E-state index is 0.262. The summed E-state index contributed by atoms with van der Waals surface area (Å²) in [4.78, 5) is 16.1. The molecule has 0 saturated heterocycles. The molecule has 1 heterocycles. The van der Waals surface area contributed by atoms with Crippen molar-refractivity contribution >= 4 is 17.4 Å². The zero-order valence-electron chi connectivity index (χ0n) is 11.1. The minimum atomic E-state index is -0.431. The maximum absolute atomic E-state index is 13.1. The number of aromatic nitrogens is 1. The molecule has 104 valence electrons. The number of nitrogens with one attached hydrogen (secondary N) is 2. The van der Waals surface area contributed by atoms with Crippen molar-refractivity contribution in [1.82, 2.24) is 4.98 Å². The van der Waals surface area contributed by atoms with E-state index in [4.69, 9.17) is 4.74 Å². The van der Waals surface area contributed by atoms with Gasteiger partial charge in [-0.3, -0.25) is 4.79 Å². The summed E-state index contributed by atoms with van der Waals surface area (Å²) < 4.78 is 18.1. The summed E-state index contributed by atoms with van der Waals surface area (Å²) in [5.74, 6) is 0.156. The van der Waals surface area contributed by atoms with Crippen molar-refractivity contribution in [1.29, 1.82) is 0 Å². The molecule has 0 radical (unpaired) electrons. The van der Waals surface area contributed by atoms with Crippen molar-refractivity contribution in [2.45, 2.75) is 0 Å². The van der Waals surface area contributed by atoms with Crippen LogP contribution in [0, 0.1) is 5.82 Å². The predicted octanol–water partition coefficient (Wildman–Crippen LogP) is 2.52. The third-order valence-corrected chi connectivity index (χ3v) is 2.69. The molecule has 0 atom stereocenters. The van der Waals surface area contributed by atoms with Crippen LogP contribution in [0.2, 0.25) is 0 Å². The van der Waals surface area contributed by atoms with Crippen LogP contribution in [-0.2, 0) is 0 Å². The van der Waals surface area contributed by atoms with E-state index in [1.165, 1.54) is 31.5 Å². The Labute approximate surface area is 115 Å². The van der Waals surface area contributed by atoms with Gasteiger partial charge in [0.2, 0.25) is 0 Å². The molecule has 0 unspecified atom stereocenters. The topological polar surface area (TPSA) is 63.2 Å². The number of carbonyl (C=O) groups excluding carboxylic acids is 1. The van der Waals surface area contributed by atoms with Crippen molar-refractivity contribution in [3.05, 3.63) is 47.9 Å². The van der Waals surface area contributed by atoms with Gasteiger partial charge in [-0.2, -0.15) is 0 Å². The lowest BCUT2D eigenvalue weighted by molar-refractivity contribution is 0.102. The Kier molecular flexibility index (Phi) is 4.14. The van der Waals surface area contributed by atoms with Crippen molar-refractivity contribution in [3.63, 3.8) is 0 Å². The van der Waals surface area contributed by atoms with E-state index in [0.29, 0.717) is 17.1 Å². The largest absolute Gasteiger partial charge is 0.494 e. The van der Waals surface area contributed by atoms with E-state index in [2.05, 4.69) is 15.6 Å². The molecule has 1 amide bonds. The summed E-state index contributed by atoms with van der Waals surface area (Å²) in [6.45, 7) is 0. The van der Waals surface area contributed by atoms with Crippen LogP contribution in [0.1, 0.15) is 10.4 Å². The van der Waals surface area contributed by atoms with Crippen molar-refractivity contribution < 1.29 is 13.9 Å². The van der Waals surface area contributed by atoms with Crippen LogP contribution in [0.5, 0.6) is 5.75 Å². The second kappa shape index (κ2) is 6.01. The zero-order chi connectivity index (χ0) is 14.5. The molecule has 20 heavy (non-hydrogen) atoms. The Morgan fingerprint density at radius 2 is 2.10 bits per heavy atom. The molecule has 0 bridgehead atoms. The van der Waals surface area contributed by atoms with Gasteiger partial charge >= 0.3 is 0 Å². The molecule has 1 aromatic carbocycles. The van der Waals surface area contributed by atoms with Crippen LogP contribution < -0.4 is 15.4 Å². The van der Waals surface area contributed by atoms with Gasteiger partial charge in [0.05, 0.1) is 18.4 Å². The van der Waals surface area contributed by atoms with Gasteiger partial charge in [-0.25, -0.2) is 9.37 Å². The summed E-state index contributed by atoms with van der Waals surface area (Å²) in [6, 6.07) is 7.24. The third kappa shape index (κ3) is 3.03. The van der Waals surface area contributed by atoms with Crippen LogP contribution in [0.4, 0.5) is 15.9 Å². The number of nitrogens with zero attached hydrogens (tertiary/aromatic N) is 1. The first-order chi connectivity index (χ1) is 9.63. The second-order valence-electron chi connectivity index (χ2n) is 3.98. The number of pyridine rings is 1. The lowest BCUT2D eigenvalue weighted by atomic mass is 10.2. The van der Waals surface area contributed by atoms with Crippen LogP contribution in [-0.4, -0.2) is 25.0 Å². The molecule has 2 rings (SSSR count). The molecular weight excluding hydrogens is 261 g/mol. The average molecular weight is 275 g/mol. The number of rotatable bonds is 4. The first-order valence-electron chi connectivity index (χ1n) is 5.92. The lowest BCUT2D eigenvalue weighted by Gasteiger charge is -2.10. The highest BCUT2D eigenvalue weighted by Gasteiger charge is 2.10. The van der Waals surface area contributed by atoms with E-state index in [9.17, 15) is 9.18 Å². The standard InChI is InChI=1S/C14H14FN3O2/c1-16-13-6-3-9(8-17-13)14(19)18-11-5-4-10(15)7-12(11)20-2/h3-8H,1-2H3,(H,16,17)(H,18,19). The summed E-state index contributed by atoms with van der Waals surface area (Å²) in [6.07, 6.45) is 1.46. The van der Waals surface area contributed by atoms with E-state index >= 15 is 0 Å². The maximum Gasteiger partial charge on any atom is 0.257 e. The summed E-state index contributed by atoms with van der Waals surface area (Å²) in [7, 11) is 3.15. The van der Waals surface area contributed by atoms with Gasteiger partial charge in [0, 0.05) is 19.3 Å². The fourth-order valence-corrected chi connectivity index (χ4v) is 1.64. The molecule has 2 aromatic rings. The molecule has 1 aromatic heterocycles. The zero-order valence-corrected chi connectivity index (χ0v) is 11.1. The Morgan fingerprint density at radius 3 is 2.70 bits per heavy atom. The molecule has 0 aliphatic carbocycles. The van der Waals surface area contributed by atoms with Crippen LogP contribution in [0.25, 0.3) is 0 Å². The van der Waals surface area contributed by atoms with Gasteiger partial charge in [-0.05, 0) is 24.3 Å². The second-order valence-corrected chi connectivity index (χ2v) is 3.98. The fourth-order valence-electron chi connectivity index (χ4n) is 1.64. The highest BCUT2D eigenvalue weighted by molar-refractivity contribution is 6.04. The normalized spacial score (nSPS) is 9.95. The average Bonchev–Trinajstić information content (AvgIpc) is 2.49. The quantitative estimate of drug-likeness (QED) is 0.900. The van der Waals surface area contributed by atoms with Gasteiger partial charge in [0.15, 0.2) is 0 Å². The van der Waals surface area contributed by atoms with Crippen molar-refractivity contribution in [2.24, 2.45) is 0 Å². The molecular formula is C14H14FN3O2. The first kappa shape index (κ1) is 13.8. The number of halogens is 1. The van der Waals surface area contributed by atoms with E-state index in [-0.39, 0.29) is 11.7 Å². The SMILES string of the molecule is CNc1ccc(C(=O)Nc2ccc(F)cc2OC)cn1. The van der Waals surface area contributed by atoms with Gasteiger partial charge in [0.1, 0.15) is 17.4 Å². The number of amides is 1. The molecule has 0 fully saturated rings. The third-order valence-electron chi connectivity index (χ3n) is 2.69. The van der Waals surface area contributed by atoms with Gasteiger partial charge in [-0.1, -0.05) is 0 Å². The molecule has 0 aliphatic heterocycles. The lowest BCUT2D eigenvalue weighted by Crippen LogP contribution is -2.13. The molecule has 0 saturated carbocycles. The van der Waals surface area contributed by atoms with Gasteiger partial charge < -0.3 is 15.4 Å². The van der Waals surface area contributed by atoms with Crippen molar-refractivity contribution in [3.8, 4) is 5.75 Å². The number of anilines is 2. The number of benzene rings is 1. The van der Waals surface area contributed by atoms with Crippen LogP contribution >= 0.6 is 0 Å². The predicted molar refractivity (Wildman–Crippen MR) is 74.7 cm³/mol. The molecule has 2 N–H and O–H groups in total. The molecule has 5 nitrogen and oxygen atoms in total. The van der Waals surface area contributed by atoms with E-state index < -0.39 is 5.82 Å². The number of methoxy groups -OCH3 is 1. The highest BCUT2D eigenvalue weighted by atomic mass is 19.1. The number of hydrogen-bond acceptors (Lipinski definition) is 4. The molecule has 0 spiro atoms. The summed E-state index contributed by atoms with van der Waals surface area (Å²) >= 11 is 0. The number of hydrogen-bond donors (Lipinski definition) is 2. The number of carbonyl (C=O) groups is 1. The Bertz CT molecular complexity index is 614. The Balaban J connectivity index is 2.18. The number of ether oxygens (including phenoxy) is 1. The summed E-state index contributed by atoms with van der Waals surface area (Å²) in [5, 5.41) is 5.51. The van der Waals surface area contributed by atoms with Gasteiger partial charge in [-0.15, -0.1) is 0 Å². The van der Waals surface area contributed by atoms with Crippen LogP contribution in [0.3, 0.4) is 0 Å². The van der Waals surface area contributed by atoms with Crippen LogP contribution in [0.15, 0.2) is 36.5 Å². The monoisotopic (exact) mass is 275 g/mol. The summed E-state index contributed by atoms with van der Waals surface area (Å²) in [5.41, 5.74) is 0.798. The molecule has 0 aliphatic rings. The maximum atomic E-state index is 13.1. The van der Waals surface area contributed by atoms with E-state index in [1.54, 1.807) is 19.2 Å². The minimum Gasteiger partial charge on any atom is -0.494 e. The fraction of sp³-hybridized carbons (Fsp3) is 0.143. The Morgan fingerprint density at radius 1 is 1.30 bits per heavy atom. The Hall–Kier alpha value is -2.63. The van der Waals surface area contributed by atoms with E-state index in [0.717, 1.165) is 0 Å². The van der Waals surface area contributed by atoms with Crippen molar-refractivity contribution in [2.75, 3.05) is 24.8 Å². The smallest absolute Gasteiger partial charge is 0.257 e. The first-order valence-corrected chi connectivity index (χ1v) is 5.92. The highest BCUT2D eigenvalue weighted by Crippen LogP contribution is 2.25. The van der Waals surface area contributed by atoms with E-state index in [1.807, 2.05) is 0 Å². The molecule has 6 heteroatoms.